The van der Waals surface area contributed by atoms with E-state index in [0.717, 1.165) is 23.9 Å². The van der Waals surface area contributed by atoms with E-state index < -0.39 is 0 Å². The number of ether oxygens (including phenoxy) is 1. The van der Waals surface area contributed by atoms with Gasteiger partial charge in [0.2, 0.25) is 0 Å². The number of nitrogens with zero attached hydrogens (tertiary/aromatic N) is 1. The van der Waals surface area contributed by atoms with Crippen molar-refractivity contribution in [1.82, 2.24) is 4.98 Å². The van der Waals surface area contributed by atoms with Gasteiger partial charge in [0.05, 0.1) is 28.1 Å². The van der Waals surface area contributed by atoms with Gasteiger partial charge in [-0.15, -0.1) is 0 Å². The molecule has 0 saturated carbocycles. The van der Waals surface area contributed by atoms with Crippen LogP contribution in [0, 0.1) is 0 Å². The molecule has 0 amide bonds. The molecule has 2 rings (SSSR count). The molecule has 0 aliphatic carbocycles. The molecule has 0 bridgehead atoms. The SMILES string of the molecule is CCCc1cc(Cl)c2c(OC)ccc(Cl)c2n1. The molecule has 4 heteroatoms. The normalized spacial score (nSPS) is 10.8. The summed E-state index contributed by atoms with van der Waals surface area (Å²) in [6.45, 7) is 2.10. The number of pyridine rings is 1. The van der Waals surface area contributed by atoms with E-state index in [1.807, 2.05) is 6.07 Å². The first-order chi connectivity index (χ1) is 8.17. The van der Waals surface area contributed by atoms with Crippen molar-refractivity contribution in [1.29, 1.82) is 0 Å². The zero-order valence-electron chi connectivity index (χ0n) is 9.76. The number of benzene rings is 1. The zero-order chi connectivity index (χ0) is 12.4. The highest BCUT2D eigenvalue weighted by Crippen LogP contribution is 2.35. The van der Waals surface area contributed by atoms with E-state index in [2.05, 4.69) is 11.9 Å². The number of fused-ring (bicyclic) bond motifs is 1. The number of aromatic nitrogens is 1. The highest BCUT2D eigenvalue weighted by molar-refractivity contribution is 6.39. The number of aryl methyl sites for hydroxylation is 1. The predicted octanol–water partition coefficient (Wildman–Crippen LogP) is 4.50. The summed E-state index contributed by atoms with van der Waals surface area (Å²) in [4.78, 5) is 4.54. The third-order valence-corrected chi connectivity index (χ3v) is 3.21. The van der Waals surface area contributed by atoms with Crippen LogP contribution in [-0.4, -0.2) is 12.1 Å². The van der Waals surface area contributed by atoms with Crippen molar-refractivity contribution in [3.05, 3.63) is 33.9 Å². The van der Waals surface area contributed by atoms with E-state index in [4.69, 9.17) is 27.9 Å². The van der Waals surface area contributed by atoms with Crippen molar-refractivity contribution < 1.29 is 4.74 Å². The van der Waals surface area contributed by atoms with Crippen LogP contribution in [0.2, 0.25) is 10.0 Å². The first-order valence-corrected chi connectivity index (χ1v) is 6.24. The van der Waals surface area contributed by atoms with Crippen molar-refractivity contribution in [2.75, 3.05) is 7.11 Å². The van der Waals surface area contributed by atoms with Crippen LogP contribution in [0.5, 0.6) is 5.75 Å². The molecule has 1 aromatic carbocycles. The Morgan fingerprint density at radius 1 is 1.24 bits per heavy atom. The van der Waals surface area contributed by atoms with E-state index in [-0.39, 0.29) is 0 Å². The fraction of sp³-hybridized carbons (Fsp3) is 0.308. The highest BCUT2D eigenvalue weighted by atomic mass is 35.5. The molecule has 1 heterocycles. The Bertz CT molecular complexity index is 555. The molecule has 1 aromatic heterocycles. The minimum Gasteiger partial charge on any atom is -0.496 e. The number of rotatable bonds is 3. The van der Waals surface area contributed by atoms with Gasteiger partial charge in [-0.2, -0.15) is 0 Å². The van der Waals surface area contributed by atoms with Gasteiger partial charge in [0.15, 0.2) is 0 Å². The third-order valence-electron chi connectivity index (χ3n) is 2.60. The monoisotopic (exact) mass is 269 g/mol. The topological polar surface area (TPSA) is 22.1 Å². The summed E-state index contributed by atoms with van der Waals surface area (Å²) >= 11 is 12.4. The zero-order valence-corrected chi connectivity index (χ0v) is 11.3. The maximum absolute atomic E-state index is 6.28. The molecule has 0 atom stereocenters. The van der Waals surface area contributed by atoms with Crippen molar-refractivity contribution >= 4 is 34.1 Å². The van der Waals surface area contributed by atoms with Gasteiger partial charge >= 0.3 is 0 Å². The molecule has 0 radical (unpaired) electrons. The van der Waals surface area contributed by atoms with Crippen molar-refractivity contribution in [2.45, 2.75) is 19.8 Å². The number of hydrogen-bond acceptors (Lipinski definition) is 2. The molecule has 0 aliphatic rings. The molecule has 0 unspecified atom stereocenters. The number of methoxy groups -OCH3 is 1. The van der Waals surface area contributed by atoms with Crippen molar-refractivity contribution in [3.8, 4) is 5.75 Å². The molecule has 17 heavy (non-hydrogen) atoms. The summed E-state index contributed by atoms with van der Waals surface area (Å²) in [7, 11) is 1.61. The maximum Gasteiger partial charge on any atom is 0.129 e. The predicted molar refractivity (Wildman–Crippen MR) is 72.3 cm³/mol. The molecule has 0 saturated heterocycles. The molecule has 0 aliphatic heterocycles. The van der Waals surface area contributed by atoms with Crippen LogP contribution in [-0.2, 0) is 6.42 Å². The van der Waals surface area contributed by atoms with Gasteiger partial charge in [-0.25, -0.2) is 0 Å². The van der Waals surface area contributed by atoms with Gasteiger partial charge in [-0.3, -0.25) is 4.98 Å². The molecular weight excluding hydrogens is 257 g/mol. The average molecular weight is 270 g/mol. The molecule has 0 fully saturated rings. The van der Waals surface area contributed by atoms with Crippen LogP contribution in [0.1, 0.15) is 19.0 Å². The number of halogens is 2. The lowest BCUT2D eigenvalue weighted by Crippen LogP contribution is -1.94. The fourth-order valence-corrected chi connectivity index (χ4v) is 2.34. The summed E-state index contributed by atoms with van der Waals surface area (Å²) in [5.41, 5.74) is 1.67. The average Bonchev–Trinajstić information content (AvgIpc) is 2.31. The van der Waals surface area contributed by atoms with Gasteiger partial charge in [-0.1, -0.05) is 36.5 Å². The van der Waals surface area contributed by atoms with E-state index in [1.165, 1.54) is 0 Å². The molecule has 90 valence electrons. The fourth-order valence-electron chi connectivity index (χ4n) is 1.84. The quantitative estimate of drug-likeness (QED) is 0.819. The molecule has 2 aromatic rings. The second kappa shape index (κ2) is 5.11. The first kappa shape index (κ1) is 12.5. The Labute approximate surface area is 111 Å². The summed E-state index contributed by atoms with van der Waals surface area (Å²) in [6, 6.07) is 5.46. The van der Waals surface area contributed by atoms with Crippen LogP contribution in [0.15, 0.2) is 18.2 Å². The molecule has 0 spiro atoms. The lowest BCUT2D eigenvalue weighted by atomic mass is 10.1. The maximum atomic E-state index is 6.28. The van der Waals surface area contributed by atoms with Gasteiger partial charge in [0.1, 0.15) is 5.75 Å². The van der Waals surface area contributed by atoms with Gasteiger partial charge in [0.25, 0.3) is 0 Å². The Morgan fingerprint density at radius 2 is 2.00 bits per heavy atom. The minimum absolute atomic E-state index is 0.598. The summed E-state index contributed by atoms with van der Waals surface area (Å²) in [6.07, 6.45) is 1.92. The van der Waals surface area contributed by atoms with Crippen LogP contribution < -0.4 is 4.74 Å². The lowest BCUT2D eigenvalue weighted by Gasteiger charge is -2.10. The standard InChI is InChI=1S/C13H13Cl2NO/c1-3-4-8-7-10(15)12-11(17-2)6-5-9(14)13(12)16-8/h5-7H,3-4H2,1-2H3. The van der Waals surface area contributed by atoms with E-state index in [0.29, 0.717) is 21.3 Å². The van der Waals surface area contributed by atoms with Crippen LogP contribution >= 0.6 is 23.2 Å². The minimum atomic E-state index is 0.598. The van der Waals surface area contributed by atoms with E-state index >= 15 is 0 Å². The van der Waals surface area contributed by atoms with E-state index in [1.54, 1.807) is 19.2 Å². The molecule has 2 nitrogen and oxygen atoms in total. The highest BCUT2D eigenvalue weighted by Gasteiger charge is 2.12. The van der Waals surface area contributed by atoms with Crippen molar-refractivity contribution in [2.24, 2.45) is 0 Å². The van der Waals surface area contributed by atoms with Crippen molar-refractivity contribution in [3.63, 3.8) is 0 Å². The smallest absolute Gasteiger partial charge is 0.129 e. The van der Waals surface area contributed by atoms with Gasteiger partial charge in [-0.05, 0) is 24.6 Å². The third kappa shape index (κ3) is 2.33. The molecule has 0 N–H and O–H groups in total. The first-order valence-electron chi connectivity index (χ1n) is 5.49. The van der Waals surface area contributed by atoms with Crippen LogP contribution in [0.25, 0.3) is 10.9 Å². The Morgan fingerprint density at radius 3 is 2.65 bits per heavy atom. The summed E-state index contributed by atoms with van der Waals surface area (Å²) in [5, 5.41) is 2.01. The van der Waals surface area contributed by atoms with Crippen LogP contribution in [0.3, 0.4) is 0 Å². The Hall–Kier alpha value is -0.990. The molecular formula is C13H13Cl2NO. The Balaban J connectivity index is 2.74. The van der Waals surface area contributed by atoms with Crippen LogP contribution in [0.4, 0.5) is 0 Å². The summed E-state index contributed by atoms with van der Waals surface area (Å²) < 4.78 is 5.28. The largest absolute Gasteiger partial charge is 0.496 e. The second-order valence-corrected chi connectivity index (χ2v) is 4.63. The summed E-state index contributed by atoms with van der Waals surface area (Å²) in [5.74, 6) is 0.699. The van der Waals surface area contributed by atoms with E-state index in [9.17, 15) is 0 Å². The number of hydrogen-bond donors (Lipinski definition) is 0. The lowest BCUT2D eigenvalue weighted by molar-refractivity contribution is 0.420. The second-order valence-electron chi connectivity index (χ2n) is 3.82. The van der Waals surface area contributed by atoms with Gasteiger partial charge in [0, 0.05) is 5.69 Å². The Kier molecular flexibility index (Phi) is 3.75. The van der Waals surface area contributed by atoms with Gasteiger partial charge < -0.3 is 4.74 Å².